The van der Waals surface area contributed by atoms with E-state index in [1.54, 1.807) is 0 Å². The van der Waals surface area contributed by atoms with Crippen LogP contribution in [0.5, 0.6) is 0 Å². The molecule has 1 aliphatic carbocycles. The van der Waals surface area contributed by atoms with E-state index in [-0.39, 0.29) is 0 Å². The van der Waals surface area contributed by atoms with Gasteiger partial charge in [-0.3, -0.25) is 0 Å². The minimum absolute atomic E-state index is 0.471. The van der Waals surface area contributed by atoms with Crippen molar-refractivity contribution in [3.05, 3.63) is 35.9 Å². The highest BCUT2D eigenvalue weighted by atomic mass is 16.3. The molecule has 0 spiro atoms. The van der Waals surface area contributed by atoms with E-state index in [9.17, 15) is 5.11 Å². The zero-order chi connectivity index (χ0) is 12.3. The van der Waals surface area contributed by atoms with Crippen LogP contribution in [0.15, 0.2) is 30.3 Å². The molecule has 2 nitrogen and oxygen atoms in total. The molecule has 0 heterocycles. The maximum Gasteiger partial charge on any atom is 0.0603 e. The Hall–Kier alpha value is -0.860. The van der Waals surface area contributed by atoms with Crippen LogP contribution in [0.25, 0.3) is 0 Å². The molecule has 2 N–H and O–H groups in total. The van der Waals surface area contributed by atoms with E-state index in [2.05, 4.69) is 35.6 Å². The monoisotopic (exact) mass is 233 g/mol. The van der Waals surface area contributed by atoms with Crippen LogP contribution < -0.4 is 5.32 Å². The molecule has 0 amide bonds. The highest BCUT2D eigenvalue weighted by Crippen LogP contribution is 2.40. The number of aliphatic hydroxyl groups is 1. The second kappa shape index (κ2) is 5.19. The average Bonchev–Trinajstić information content (AvgIpc) is 3.08. The quantitative estimate of drug-likeness (QED) is 0.792. The van der Waals surface area contributed by atoms with Gasteiger partial charge in [-0.1, -0.05) is 30.3 Å². The fourth-order valence-electron chi connectivity index (χ4n) is 2.18. The van der Waals surface area contributed by atoms with Gasteiger partial charge in [0.1, 0.15) is 0 Å². The van der Waals surface area contributed by atoms with Crippen molar-refractivity contribution in [2.24, 2.45) is 5.92 Å². The summed E-state index contributed by atoms with van der Waals surface area (Å²) in [6.45, 7) is 4.60. The fraction of sp³-hybridized carbons (Fsp3) is 0.600. The molecule has 1 saturated carbocycles. The minimum Gasteiger partial charge on any atom is -0.390 e. The molecule has 0 radical (unpaired) electrons. The summed E-state index contributed by atoms with van der Waals surface area (Å²) in [5, 5.41) is 13.3. The lowest BCUT2D eigenvalue weighted by atomic mass is 10.0. The topological polar surface area (TPSA) is 32.3 Å². The third-order valence-electron chi connectivity index (χ3n) is 3.35. The van der Waals surface area contributed by atoms with Gasteiger partial charge in [-0.05, 0) is 51.1 Å². The number of hydrogen-bond donors (Lipinski definition) is 2. The van der Waals surface area contributed by atoms with Crippen LogP contribution in [-0.2, 0) is 0 Å². The van der Waals surface area contributed by atoms with E-state index in [0.29, 0.717) is 6.04 Å². The molecule has 1 atom stereocenters. The van der Waals surface area contributed by atoms with Crippen molar-refractivity contribution < 1.29 is 5.11 Å². The molecule has 0 unspecified atom stereocenters. The molecule has 0 bridgehead atoms. The average molecular weight is 233 g/mol. The molecule has 1 aromatic rings. The zero-order valence-electron chi connectivity index (χ0n) is 10.8. The van der Waals surface area contributed by atoms with Crippen molar-refractivity contribution in [3.63, 3.8) is 0 Å². The van der Waals surface area contributed by atoms with Crippen LogP contribution in [0.2, 0.25) is 0 Å². The SMILES string of the molecule is CC(C)(O)CCN[C@@H](c1ccccc1)C1CC1. The lowest BCUT2D eigenvalue weighted by Crippen LogP contribution is -2.30. The predicted octanol–water partition coefficient (Wildman–Crippen LogP) is 2.89. The Morgan fingerprint density at radius 1 is 1.29 bits per heavy atom. The summed E-state index contributed by atoms with van der Waals surface area (Å²) in [4.78, 5) is 0. The van der Waals surface area contributed by atoms with Gasteiger partial charge < -0.3 is 10.4 Å². The number of hydrogen-bond acceptors (Lipinski definition) is 2. The normalized spacial score (nSPS) is 18.1. The van der Waals surface area contributed by atoms with Gasteiger partial charge >= 0.3 is 0 Å². The molecule has 1 aromatic carbocycles. The lowest BCUT2D eigenvalue weighted by molar-refractivity contribution is 0.0701. The van der Waals surface area contributed by atoms with E-state index in [1.165, 1.54) is 18.4 Å². The first-order chi connectivity index (χ1) is 8.06. The Kier molecular flexibility index (Phi) is 3.85. The summed E-state index contributed by atoms with van der Waals surface area (Å²) in [5.74, 6) is 0.791. The Balaban J connectivity index is 1.90. The summed E-state index contributed by atoms with van der Waals surface area (Å²) < 4.78 is 0. The largest absolute Gasteiger partial charge is 0.390 e. The van der Waals surface area contributed by atoms with E-state index in [1.807, 2.05) is 13.8 Å². The highest BCUT2D eigenvalue weighted by Gasteiger charge is 2.31. The summed E-state index contributed by atoms with van der Waals surface area (Å²) >= 11 is 0. The van der Waals surface area contributed by atoms with E-state index in [4.69, 9.17) is 0 Å². The molecule has 0 aromatic heterocycles. The van der Waals surface area contributed by atoms with Gasteiger partial charge in [0.05, 0.1) is 5.60 Å². The zero-order valence-corrected chi connectivity index (χ0v) is 10.8. The third kappa shape index (κ3) is 4.14. The molecule has 1 fully saturated rings. The van der Waals surface area contributed by atoms with Crippen LogP contribution in [0.1, 0.15) is 44.7 Å². The Morgan fingerprint density at radius 2 is 1.94 bits per heavy atom. The van der Waals surface area contributed by atoms with Crippen molar-refractivity contribution >= 4 is 0 Å². The molecule has 17 heavy (non-hydrogen) atoms. The summed E-state index contributed by atoms with van der Waals surface area (Å²) in [5.41, 5.74) is 0.809. The van der Waals surface area contributed by atoms with Gasteiger partial charge in [-0.15, -0.1) is 0 Å². The van der Waals surface area contributed by atoms with Crippen molar-refractivity contribution in [2.45, 2.75) is 44.8 Å². The first kappa shape index (κ1) is 12.6. The second-order valence-corrected chi connectivity index (χ2v) is 5.74. The third-order valence-corrected chi connectivity index (χ3v) is 3.35. The van der Waals surface area contributed by atoms with Crippen LogP contribution in [0.4, 0.5) is 0 Å². The molecular weight excluding hydrogens is 210 g/mol. The summed E-state index contributed by atoms with van der Waals surface area (Å²) in [7, 11) is 0. The first-order valence-corrected chi connectivity index (χ1v) is 6.57. The highest BCUT2D eigenvalue weighted by molar-refractivity contribution is 5.21. The van der Waals surface area contributed by atoms with Crippen molar-refractivity contribution in [2.75, 3.05) is 6.54 Å². The lowest BCUT2D eigenvalue weighted by Gasteiger charge is -2.22. The van der Waals surface area contributed by atoms with Crippen molar-refractivity contribution in [1.29, 1.82) is 0 Å². The maximum absolute atomic E-state index is 9.72. The fourth-order valence-corrected chi connectivity index (χ4v) is 2.18. The maximum atomic E-state index is 9.72. The molecule has 2 rings (SSSR count). The van der Waals surface area contributed by atoms with E-state index >= 15 is 0 Å². The Morgan fingerprint density at radius 3 is 2.47 bits per heavy atom. The minimum atomic E-state index is -0.572. The van der Waals surface area contributed by atoms with E-state index < -0.39 is 5.60 Å². The number of nitrogens with one attached hydrogen (secondary N) is 1. The van der Waals surface area contributed by atoms with Gasteiger partial charge in [0.2, 0.25) is 0 Å². The molecule has 2 heteroatoms. The van der Waals surface area contributed by atoms with E-state index in [0.717, 1.165) is 18.9 Å². The smallest absolute Gasteiger partial charge is 0.0603 e. The van der Waals surface area contributed by atoms with Crippen LogP contribution in [0.3, 0.4) is 0 Å². The van der Waals surface area contributed by atoms with Gasteiger partial charge in [0.15, 0.2) is 0 Å². The number of benzene rings is 1. The molecule has 94 valence electrons. The van der Waals surface area contributed by atoms with Gasteiger partial charge in [0, 0.05) is 6.04 Å². The molecule has 1 aliphatic rings. The predicted molar refractivity (Wildman–Crippen MR) is 70.8 cm³/mol. The van der Waals surface area contributed by atoms with Crippen LogP contribution in [-0.4, -0.2) is 17.3 Å². The summed E-state index contributed by atoms with van der Waals surface area (Å²) in [6, 6.07) is 11.1. The Bertz CT molecular complexity index is 338. The molecular formula is C15H23NO. The molecule has 0 aliphatic heterocycles. The van der Waals surface area contributed by atoms with Crippen molar-refractivity contribution in [3.8, 4) is 0 Å². The first-order valence-electron chi connectivity index (χ1n) is 6.57. The standard InChI is InChI=1S/C15H23NO/c1-15(2,17)10-11-16-14(13-8-9-13)12-6-4-3-5-7-12/h3-7,13-14,16-17H,8-11H2,1-2H3/t14-/m0/s1. The van der Waals surface area contributed by atoms with Gasteiger partial charge in [-0.2, -0.15) is 0 Å². The van der Waals surface area contributed by atoms with Crippen LogP contribution in [0, 0.1) is 5.92 Å². The van der Waals surface area contributed by atoms with Gasteiger partial charge in [0.25, 0.3) is 0 Å². The second-order valence-electron chi connectivity index (χ2n) is 5.74. The van der Waals surface area contributed by atoms with Gasteiger partial charge in [-0.25, -0.2) is 0 Å². The number of rotatable bonds is 6. The summed E-state index contributed by atoms with van der Waals surface area (Å²) in [6.07, 6.45) is 3.45. The Labute approximate surface area is 104 Å². The molecule has 0 saturated heterocycles. The van der Waals surface area contributed by atoms with Crippen molar-refractivity contribution in [1.82, 2.24) is 5.32 Å². The van der Waals surface area contributed by atoms with Crippen LogP contribution >= 0.6 is 0 Å².